The summed E-state index contributed by atoms with van der Waals surface area (Å²) in [6.07, 6.45) is -0.0644. The zero-order valence-corrected chi connectivity index (χ0v) is 20.0. The van der Waals surface area contributed by atoms with Crippen molar-refractivity contribution < 1.29 is 39.9 Å². The van der Waals surface area contributed by atoms with Gasteiger partial charge in [0.2, 0.25) is 5.78 Å². The number of anilines is 1. The molecule has 11 heteroatoms. The molecule has 11 nitrogen and oxygen atoms in total. The summed E-state index contributed by atoms with van der Waals surface area (Å²) in [4.78, 5) is 40.4. The van der Waals surface area contributed by atoms with Crippen molar-refractivity contribution in [3.63, 3.8) is 0 Å². The average Bonchev–Trinajstić information content (AvgIpc) is 2.80. The number of nitrogens with two attached hydrogens (primary N) is 1. The Bertz CT molecular complexity index is 1270. The van der Waals surface area contributed by atoms with E-state index in [1.165, 1.54) is 19.0 Å². The number of carbonyl (C=O) groups excluding carboxylic acids is 3. The molecular weight excluding hydrogens is 470 g/mol. The standard InChI is InChI=1S/C25H29N3O8/c1-5-8-27-11-7-6-10-9(2)12-14(19(30)13(10)18(11)29)22(33)25(36)16(20(12)31)17(28(3)4)21(32)15(23(25)34)24(26)35/h5-7,9,12,16-17,20,27,29-31,34,36H,1,8H2,2-4H3,(H2,26,35). The number of hydrogen-bond acceptors (Lipinski definition) is 10. The molecule has 3 aliphatic rings. The van der Waals surface area contributed by atoms with E-state index in [9.17, 15) is 39.9 Å². The monoisotopic (exact) mass is 499 g/mol. The Balaban J connectivity index is 2.02. The molecule has 3 aliphatic carbocycles. The Morgan fingerprint density at radius 2 is 1.89 bits per heavy atom. The number of carbonyl (C=O) groups is 3. The Hall–Kier alpha value is -3.67. The number of primary amides is 1. The number of aliphatic hydroxyl groups excluding tert-OH is 3. The molecule has 0 aromatic heterocycles. The third-order valence-electron chi connectivity index (χ3n) is 7.57. The lowest BCUT2D eigenvalue weighted by molar-refractivity contribution is -0.169. The molecule has 0 saturated heterocycles. The van der Waals surface area contributed by atoms with Crippen LogP contribution in [-0.2, 0) is 14.4 Å². The number of Topliss-reactive ketones (excluding diaryl/α,β-unsaturated/α-hetero) is 2. The number of benzene rings is 1. The third kappa shape index (κ3) is 3.13. The lowest BCUT2D eigenvalue weighted by Crippen LogP contribution is -2.70. The van der Waals surface area contributed by atoms with E-state index in [0.29, 0.717) is 12.1 Å². The molecule has 0 bridgehead atoms. The number of aromatic hydroxyl groups is 1. The lowest BCUT2D eigenvalue weighted by Gasteiger charge is -2.53. The minimum Gasteiger partial charge on any atom is -0.508 e. The van der Waals surface area contributed by atoms with Crippen LogP contribution >= 0.6 is 0 Å². The van der Waals surface area contributed by atoms with Gasteiger partial charge in [-0.1, -0.05) is 19.1 Å². The Morgan fingerprint density at radius 3 is 2.44 bits per heavy atom. The smallest absolute Gasteiger partial charge is 0.255 e. The highest BCUT2D eigenvalue weighted by molar-refractivity contribution is 6.24. The van der Waals surface area contributed by atoms with Gasteiger partial charge in [0, 0.05) is 18.0 Å². The Kier molecular flexibility index (Phi) is 5.98. The summed E-state index contributed by atoms with van der Waals surface area (Å²) in [6, 6.07) is 1.83. The van der Waals surface area contributed by atoms with E-state index in [4.69, 9.17) is 5.73 Å². The van der Waals surface area contributed by atoms with Crippen molar-refractivity contribution in [2.45, 2.75) is 30.6 Å². The third-order valence-corrected chi connectivity index (χ3v) is 7.57. The van der Waals surface area contributed by atoms with E-state index in [2.05, 4.69) is 11.9 Å². The van der Waals surface area contributed by atoms with E-state index in [-0.39, 0.29) is 17.0 Å². The van der Waals surface area contributed by atoms with Gasteiger partial charge in [-0.3, -0.25) is 19.3 Å². The van der Waals surface area contributed by atoms with Crippen LogP contribution in [0.3, 0.4) is 0 Å². The number of ketones is 2. The highest BCUT2D eigenvalue weighted by Gasteiger charge is 2.68. The first kappa shape index (κ1) is 25.4. The fourth-order valence-corrected chi connectivity index (χ4v) is 5.94. The van der Waals surface area contributed by atoms with Crippen LogP contribution in [0.5, 0.6) is 5.75 Å². The van der Waals surface area contributed by atoms with E-state index < -0.39 is 75.6 Å². The van der Waals surface area contributed by atoms with Crippen molar-refractivity contribution in [2.75, 3.05) is 26.0 Å². The maximum atomic E-state index is 13.9. The van der Waals surface area contributed by atoms with Gasteiger partial charge in [0.05, 0.1) is 29.3 Å². The van der Waals surface area contributed by atoms with Crippen molar-refractivity contribution in [1.82, 2.24) is 4.90 Å². The molecule has 0 spiro atoms. The number of fused-ring (bicyclic) bond motifs is 3. The minimum absolute atomic E-state index is 0.0694. The first-order valence-electron chi connectivity index (χ1n) is 11.4. The molecule has 1 amide bonds. The molecule has 6 unspecified atom stereocenters. The molecule has 8 N–H and O–H groups in total. The van der Waals surface area contributed by atoms with E-state index in [1.807, 2.05) is 0 Å². The van der Waals surface area contributed by atoms with Crippen LogP contribution in [0.2, 0.25) is 0 Å². The van der Waals surface area contributed by atoms with E-state index in [1.54, 1.807) is 25.1 Å². The summed E-state index contributed by atoms with van der Waals surface area (Å²) >= 11 is 0. The van der Waals surface area contributed by atoms with Gasteiger partial charge >= 0.3 is 0 Å². The highest BCUT2D eigenvalue weighted by Crippen LogP contribution is 2.56. The maximum Gasteiger partial charge on any atom is 0.255 e. The fraction of sp³-hybridized carbons (Fsp3) is 0.400. The van der Waals surface area contributed by atoms with Gasteiger partial charge in [0.1, 0.15) is 22.8 Å². The van der Waals surface area contributed by atoms with Gasteiger partial charge < -0.3 is 36.6 Å². The van der Waals surface area contributed by atoms with Crippen molar-refractivity contribution >= 4 is 28.9 Å². The topological polar surface area (TPSA) is 194 Å². The van der Waals surface area contributed by atoms with Crippen LogP contribution in [0.1, 0.15) is 24.0 Å². The van der Waals surface area contributed by atoms with E-state index in [0.717, 1.165) is 0 Å². The van der Waals surface area contributed by atoms with Crippen LogP contribution in [0, 0.1) is 11.8 Å². The SMILES string of the molecule is C=CCNc1ccc2c(c1O)C(O)=C1C(=O)C3(O)C(O)=C(C(N)=O)C(=O)C(N(C)C)C3C(O)C1C2C. The molecule has 0 radical (unpaired) electrons. The van der Waals surface area contributed by atoms with Crippen molar-refractivity contribution in [1.29, 1.82) is 0 Å². The van der Waals surface area contributed by atoms with Crippen LogP contribution in [0.4, 0.5) is 5.69 Å². The summed E-state index contributed by atoms with van der Waals surface area (Å²) in [6.45, 7) is 5.57. The maximum absolute atomic E-state index is 13.9. The lowest BCUT2D eigenvalue weighted by atomic mass is 9.54. The fourth-order valence-electron chi connectivity index (χ4n) is 5.94. The molecule has 1 aromatic rings. The second-order valence-electron chi connectivity index (χ2n) is 9.64. The summed E-state index contributed by atoms with van der Waals surface area (Å²) in [5.74, 6) is -9.13. The van der Waals surface area contributed by atoms with Gasteiger partial charge in [0.25, 0.3) is 5.91 Å². The summed E-state index contributed by atoms with van der Waals surface area (Å²) in [7, 11) is 2.92. The van der Waals surface area contributed by atoms with Gasteiger partial charge in [-0.15, -0.1) is 6.58 Å². The number of phenols is 1. The summed E-state index contributed by atoms with van der Waals surface area (Å²) < 4.78 is 0. The van der Waals surface area contributed by atoms with Crippen LogP contribution < -0.4 is 11.1 Å². The molecule has 4 rings (SSSR count). The van der Waals surface area contributed by atoms with E-state index >= 15 is 0 Å². The Morgan fingerprint density at radius 1 is 1.25 bits per heavy atom. The zero-order chi connectivity index (χ0) is 26.9. The number of amides is 1. The summed E-state index contributed by atoms with van der Waals surface area (Å²) in [5.41, 5.74) is 1.60. The van der Waals surface area contributed by atoms with Crippen molar-refractivity contribution in [2.24, 2.45) is 17.6 Å². The van der Waals surface area contributed by atoms with Gasteiger partial charge in [-0.25, -0.2) is 0 Å². The quantitative estimate of drug-likeness (QED) is 0.166. The predicted octanol–water partition coefficient (Wildman–Crippen LogP) is 0.0937. The molecule has 192 valence electrons. The molecule has 6 atom stereocenters. The summed E-state index contributed by atoms with van der Waals surface area (Å²) in [5, 5.41) is 59.1. The first-order valence-corrected chi connectivity index (χ1v) is 11.4. The number of rotatable bonds is 5. The Labute approximate surface area is 206 Å². The largest absolute Gasteiger partial charge is 0.508 e. The molecule has 36 heavy (non-hydrogen) atoms. The minimum atomic E-state index is -2.93. The van der Waals surface area contributed by atoms with Gasteiger partial charge in [-0.2, -0.15) is 0 Å². The van der Waals surface area contributed by atoms with Crippen LogP contribution in [0.25, 0.3) is 5.76 Å². The normalized spacial score (nSPS) is 31.7. The predicted molar refractivity (Wildman–Crippen MR) is 129 cm³/mol. The highest BCUT2D eigenvalue weighted by atomic mass is 16.4. The molecule has 1 fully saturated rings. The van der Waals surface area contributed by atoms with Gasteiger partial charge in [0.15, 0.2) is 11.4 Å². The average molecular weight is 500 g/mol. The second kappa shape index (κ2) is 8.47. The number of hydrogen-bond donors (Lipinski definition) is 7. The molecular formula is C25H29N3O8. The van der Waals surface area contributed by atoms with Gasteiger partial charge in [-0.05, 0) is 31.6 Å². The number of phenolic OH excluding ortho intramolecular Hbond substituents is 1. The number of nitrogens with one attached hydrogen (secondary N) is 1. The first-order chi connectivity index (χ1) is 16.8. The number of aliphatic hydroxyl groups is 4. The number of likely N-dealkylation sites (N-methyl/N-ethyl adjacent to an activating group) is 1. The van der Waals surface area contributed by atoms with Crippen LogP contribution in [-0.4, -0.2) is 86.3 Å². The second-order valence-corrected chi connectivity index (χ2v) is 9.64. The number of nitrogens with zero attached hydrogens (tertiary/aromatic N) is 1. The molecule has 1 saturated carbocycles. The van der Waals surface area contributed by atoms with Crippen molar-refractivity contribution in [3.8, 4) is 5.75 Å². The molecule has 0 aliphatic heterocycles. The zero-order valence-electron chi connectivity index (χ0n) is 20.0. The van der Waals surface area contributed by atoms with Crippen molar-refractivity contribution in [3.05, 3.63) is 52.8 Å². The molecule has 1 aromatic carbocycles. The molecule has 0 heterocycles. The van der Waals surface area contributed by atoms with Crippen LogP contribution in [0.15, 0.2) is 41.7 Å².